The fourth-order valence-electron chi connectivity index (χ4n) is 7.84. The molecule has 8 unspecified atom stereocenters. The number of hydrogen-bond donors (Lipinski definition) is 5. The van der Waals surface area contributed by atoms with Crippen molar-refractivity contribution in [2.45, 2.75) is 94.6 Å². The van der Waals surface area contributed by atoms with E-state index in [2.05, 4.69) is 21.0 Å². The Bertz CT molecular complexity index is 737. The first-order valence-corrected chi connectivity index (χ1v) is 14.3. The van der Waals surface area contributed by atoms with Gasteiger partial charge in [0.15, 0.2) is 6.23 Å². The van der Waals surface area contributed by atoms with E-state index in [1.165, 1.54) is 38.8 Å². The Morgan fingerprint density at radius 1 is 1.06 bits per heavy atom. The summed E-state index contributed by atoms with van der Waals surface area (Å²) in [5, 5.41) is 6.35. The number of carbonyl (C=O) groups is 1. The number of piperidine rings is 2. The van der Waals surface area contributed by atoms with Gasteiger partial charge >= 0.3 is 0 Å². The molecular weight excluding hydrogens is 448 g/mol. The summed E-state index contributed by atoms with van der Waals surface area (Å²) in [7, 11) is 0. The minimum atomic E-state index is -0.130. The van der Waals surface area contributed by atoms with E-state index < -0.39 is 0 Å². The Hall–Kier alpha value is -0.850. The molecule has 0 aromatic heterocycles. The van der Waals surface area contributed by atoms with Gasteiger partial charge in [-0.25, -0.2) is 0 Å². The third-order valence-corrected chi connectivity index (χ3v) is 9.92. The van der Waals surface area contributed by atoms with Gasteiger partial charge in [0, 0.05) is 56.5 Å². The van der Waals surface area contributed by atoms with Crippen LogP contribution in [0.3, 0.4) is 0 Å². The molecule has 198 valence electrons. The van der Waals surface area contributed by atoms with Gasteiger partial charge in [-0.15, -0.1) is 0 Å². The molecule has 0 aromatic carbocycles. The molecule has 0 spiro atoms. The summed E-state index contributed by atoms with van der Waals surface area (Å²) < 4.78 is 11.5. The lowest BCUT2D eigenvalue weighted by Crippen LogP contribution is -3.16. The molecule has 6 fully saturated rings. The van der Waals surface area contributed by atoms with Crippen molar-refractivity contribution in [3.05, 3.63) is 0 Å². The van der Waals surface area contributed by atoms with Crippen molar-refractivity contribution in [3.8, 4) is 0 Å². The maximum atomic E-state index is 11.5. The molecule has 1 saturated carbocycles. The Balaban J connectivity index is 0.991. The number of rotatable bonds is 6. The van der Waals surface area contributed by atoms with E-state index in [1.807, 2.05) is 0 Å². The summed E-state index contributed by atoms with van der Waals surface area (Å²) in [6.45, 7) is 6.07. The predicted molar refractivity (Wildman–Crippen MR) is 127 cm³/mol. The Morgan fingerprint density at radius 2 is 1.91 bits per heavy atom. The van der Waals surface area contributed by atoms with E-state index in [0.29, 0.717) is 37.1 Å². The predicted octanol–water partition coefficient (Wildman–Crippen LogP) is -2.15. The van der Waals surface area contributed by atoms with Crippen LogP contribution in [0.5, 0.6) is 0 Å². The van der Waals surface area contributed by atoms with E-state index in [0.717, 1.165) is 57.7 Å². The zero-order valence-corrected chi connectivity index (χ0v) is 21.0. The zero-order valence-electron chi connectivity index (χ0n) is 21.0. The van der Waals surface area contributed by atoms with Gasteiger partial charge in [-0.3, -0.25) is 19.8 Å². The SMILES string of the molecule is NC(=O)C1CCN(C2CC(C3NOC([C@@H]4CCC[NH+]4CC4CCC5OCOC5C4)N3)CC[NH2+]2)CC1. The number of carbonyl (C=O) groups excluding carboxylic acids is 1. The van der Waals surface area contributed by atoms with E-state index in [4.69, 9.17) is 20.0 Å². The highest BCUT2D eigenvalue weighted by atomic mass is 16.7. The second kappa shape index (κ2) is 10.9. The van der Waals surface area contributed by atoms with E-state index in [-0.39, 0.29) is 24.2 Å². The fourth-order valence-corrected chi connectivity index (χ4v) is 7.84. The monoisotopic (exact) mass is 494 g/mol. The van der Waals surface area contributed by atoms with Crippen LogP contribution in [0.1, 0.15) is 57.8 Å². The van der Waals surface area contributed by atoms with Crippen molar-refractivity contribution in [1.29, 1.82) is 0 Å². The molecular formula is C25H46N6O4+2. The van der Waals surface area contributed by atoms with Crippen LogP contribution in [0.15, 0.2) is 0 Å². The Labute approximate surface area is 208 Å². The maximum Gasteiger partial charge on any atom is 0.220 e. The highest BCUT2D eigenvalue weighted by Gasteiger charge is 2.46. The standard InChI is InChI=1S/C25H44N6O4/c26-23(32)17-6-10-30(11-7-17)22-13-18(5-8-27-22)24-28-25(35-29-24)19-2-1-9-31(19)14-16-3-4-20-21(12-16)34-15-33-20/h16-22,24-25,27-29H,1-15H2,(H2,26,32)/p+2/t16?,18?,19-,20?,21?,22?,24?,25?/m0/s1. The summed E-state index contributed by atoms with van der Waals surface area (Å²) in [5.74, 6) is 1.22. The van der Waals surface area contributed by atoms with Gasteiger partial charge in [0.25, 0.3) is 0 Å². The number of nitrogens with zero attached hydrogens (tertiary/aromatic N) is 1. The third kappa shape index (κ3) is 5.40. The average Bonchev–Trinajstić information content (AvgIpc) is 3.65. The first-order chi connectivity index (χ1) is 17.1. The number of fused-ring (bicyclic) bond motifs is 1. The topological polar surface area (TPSA) is 119 Å². The number of amides is 1. The van der Waals surface area contributed by atoms with Gasteiger partial charge in [-0.05, 0) is 32.1 Å². The van der Waals surface area contributed by atoms with Crippen LogP contribution in [0.2, 0.25) is 0 Å². The van der Waals surface area contributed by atoms with Crippen LogP contribution >= 0.6 is 0 Å². The molecule has 9 atom stereocenters. The van der Waals surface area contributed by atoms with Gasteiger partial charge in [0.1, 0.15) is 19.0 Å². The summed E-state index contributed by atoms with van der Waals surface area (Å²) in [6, 6.07) is 0.518. The van der Waals surface area contributed by atoms with E-state index in [9.17, 15) is 4.79 Å². The number of likely N-dealkylation sites (tertiary alicyclic amines) is 2. The normalized spacial score (nSPS) is 45.5. The van der Waals surface area contributed by atoms with Gasteiger partial charge in [-0.1, -0.05) is 0 Å². The average molecular weight is 495 g/mol. The molecule has 5 heterocycles. The lowest BCUT2D eigenvalue weighted by molar-refractivity contribution is -0.919. The van der Waals surface area contributed by atoms with Crippen LogP contribution in [-0.4, -0.2) is 87.1 Å². The molecule has 1 amide bonds. The molecule has 1 aliphatic carbocycles. The van der Waals surface area contributed by atoms with Crippen LogP contribution in [0.25, 0.3) is 0 Å². The fraction of sp³-hybridized carbons (Fsp3) is 0.960. The first-order valence-electron chi connectivity index (χ1n) is 14.3. The van der Waals surface area contributed by atoms with Crippen LogP contribution < -0.4 is 26.7 Å². The van der Waals surface area contributed by atoms with Gasteiger partial charge in [0.2, 0.25) is 5.91 Å². The quantitative estimate of drug-likeness (QED) is 0.286. The maximum absolute atomic E-state index is 11.5. The summed E-state index contributed by atoms with van der Waals surface area (Å²) in [4.78, 5) is 22.0. The Morgan fingerprint density at radius 3 is 2.77 bits per heavy atom. The molecule has 0 aromatic rings. The minimum Gasteiger partial charge on any atom is -0.369 e. The van der Waals surface area contributed by atoms with Crippen molar-refractivity contribution in [1.82, 2.24) is 15.7 Å². The number of hydrogen-bond acceptors (Lipinski definition) is 7. The molecule has 0 bridgehead atoms. The van der Waals surface area contributed by atoms with Crippen molar-refractivity contribution < 1.29 is 29.3 Å². The first kappa shape index (κ1) is 24.5. The van der Waals surface area contributed by atoms with Crippen molar-refractivity contribution in [3.63, 3.8) is 0 Å². The van der Waals surface area contributed by atoms with Gasteiger partial charge in [-0.2, -0.15) is 5.48 Å². The summed E-state index contributed by atoms with van der Waals surface area (Å²) >= 11 is 0. The number of hydroxylamine groups is 1. The number of nitrogens with one attached hydrogen (secondary N) is 3. The molecule has 10 nitrogen and oxygen atoms in total. The Kier molecular flexibility index (Phi) is 7.60. The number of ether oxygens (including phenoxy) is 2. The zero-order chi connectivity index (χ0) is 23.8. The van der Waals surface area contributed by atoms with Crippen molar-refractivity contribution in [2.75, 3.05) is 39.5 Å². The smallest absolute Gasteiger partial charge is 0.220 e. The molecule has 0 radical (unpaired) electrons. The summed E-state index contributed by atoms with van der Waals surface area (Å²) in [5.41, 5.74) is 8.93. The van der Waals surface area contributed by atoms with Gasteiger partial charge < -0.3 is 25.4 Å². The van der Waals surface area contributed by atoms with Crippen LogP contribution in [0.4, 0.5) is 0 Å². The lowest BCUT2D eigenvalue weighted by Gasteiger charge is -2.39. The third-order valence-electron chi connectivity index (χ3n) is 9.92. The summed E-state index contributed by atoms with van der Waals surface area (Å²) in [6.07, 6.45) is 11.7. The second-order valence-electron chi connectivity index (χ2n) is 12.0. The number of nitrogens with two attached hydrogens (primary N) is 2. The number of quaternary nitrogens is 2. The lowest BCUT2D eigenvalue weighted by atomic mass is 9.85. The van der Waals surface area contributed by atoms with Crippen LogP contribution in [-0.2, 0) is 19.1 Å². The molecule has 7 N–H and O–H groups in total. The number of primary amides is 1. The van der Waals surface area contributed by atoms with Crippen LogP contribution in [0, 0.1) is 17.8 Å². The van der Waals surface area contributed by atoms with Crippen molar-refractivity contribution in [2.24, 2.45) is 23.5 Å². The minimum absolute atomic E-state index is 0.0591. The van der Waals surface area contributed by atoms with E-state index in [1.54, 1.807) is 4.90 Å². The molecule has 10 heteroatoms. The molecule has 6 aliphatic rings. The largest absolute Gasteiger partial charge is 0.369 e. The molecule has 5 aliphatic heterocycles. The molecule has 5 saturated heterocycles. The highest BCUT2D eigenvalue weighted by molar-refractivity contribution is 5.76. The molecule has 6 rings (SSSR count). The van der Waals surface area contributed by atoms with E-state index >= 15 is 0 Å². The van der Waals surface area contributed by atoms with Gasteiger partial charge in [0.05, 0.1) is 38.0 Å². The molecule has 35 heavy (non-hydrogen) atoms. The highest BCUT2D eigenvalue weighted by Crippen LogP contribution is 2.32. The van der Waals surface area contributed by atoms with Crippen molar-refractivity contribution >= 4 is 5.91 Å². The second-order valence-corrected chi connectivity index (χ2v) is 12.0.